The fourth-order valence-electron chi connectivity index (χ4n) is 2.92. The third kappa shape index (κ3) is 7.11. The van der Waals surface area contributed by atoms with Crippen LogP contribution in [0.25, 0.3) is 0 Å². The van der Waals surface area contributed by atoms with Crippen molar-refractivity contribution in [2.75, 3.05) is 27.2 Å². The Hall–Kier alpha value is -1.24. The molecule has 1 aromatic rings. The average molecular weight is 443 g/mol. The number of benzene rings is 1. The van der Waals surface area contributed by atoms with Gasteiger partial charge in [-0.05, 0) is 50.2 Å². The predicted octanol–water partition coefficient (Wildman–Crippen LogP) is 3.91. The van der Waals surface area contributed by atoms with Crippen molar-refractivity contribution in [3.8, 4) is 5.75 Å². The minimum atomic E-state index is 0. The van der Waals surface area contributed by atoms with Gasteiger partial charge in [0.25, 0.3) is 0 Å². The van der Waals surface area contributed by atoms with Crippen LogP contribution in [0, 0.1) is 0 Å². The van der Waals surface area contributed by atoms with Gasteiger partial charge in [-0.25, -0.2) is 0 Å². The molecular weight excluding hydrogens is 413 g/mol. The maximum Gasteiger partial charge on any atom is 0.190 e. The molecule has 4 nitrogen and oxygen atoms in total. The van der Waals surface area contributed by atoms with Crippen LogP contribution in [0.15, 0.2) is 40.9 Å². The molecule has 24 heavy (non-hydrogen) atoms. The van der Waals surface area contributed by atoms with E-state index in [0.29, 0.717) is 0 Å². The molecule has 0 saturated carbocycles. The number of ether oxygens (including phenoxy) is 1. The van der Waals surface area contributed by atoms with Crippen molar-refractivity contribution in [2.24, 2.45) is 4.99 Å². The molecule has 0 aromatic heterocycles. The summed E-state index contributed by atoms with van der Waals surface area (Å²) in [6, 6.07) is 8.14. The molecule has 2 N–H and O–H groups in total. The van der Waals surface area contributed by atoms with E-state index >= 15 is 0 Å². The minimum absolute atomic E-state index is 0. The molecule has 1 aliphatic rings. The van der Waals surface area contributed by atoms with Crippen LogP contribution in [-0.4, -0.2) is 33.2 Å². The zero-order valence-corrected chi connectivity index (χ0v) is 17.1. The van der Waals surface area contributed by atoms with E-state index in [0.717, 1.165) is 37.6 Å². The lowest BCUT2D eigenvalue weighted by Gasteiger charge is -2.15. The number of methoxy groups -OCH3 is 1. The number of nitrogens with zero attached hydrogens (tertiary/aromatic N) is 1. The number of rotatable bonds is 7. The number of aliphatic imine (C=N–C) groups is 1. The third-order valence-electron chi connectivity index (χ3n) is 4.23. The van der Waals surface area contributed by atoms with E-state index in [4.69, 9.17) is 4.74 Å². The van der Waals surface area contributed by atoms with E-state index in [1.165, 1.54) is 31.2 Å². The highest BCUT2D eigenvalue weighted by molar-refractivity contribution is 14.0. The molecule has 0 heterocycles. The Bertz CT molecular complexity index is 543. The lowest BCUT2D eigenvalue weighted by atomic mass is 9.97. The maximum absolute atomic E-state index is 5.38. The monoisotopic (exact) mass is 443 g/mol. The molecule has 0 bridgehead atoms. The zero-order valence-electron chi connectivity index (χ0n) is 14.8. The molecule has 0 aliphatic heterocycles. The molecular formula is C19H30IN3O. The van der Waals surface area contributed by atoms with Gasteiger partial charge >= 0.3 is 0 Å². The summed E-state index contributed by atoms with van der Waals surface area (Å²) in [4.78, 5) is 4.29. The van der Waals surface area contributed by atoms with Crippen LogP contribution < -0.4 is 15.4 Å². The topological polar surface area (TPSA) is 45.7 Å². The molecule has 0 fully saturated rings. The number of para-hydroxylation sites is 1. The summed E-state index contributed by atoms with van der Waals surface area (Å²) >= 11 is 0. The normalized spacial score (nSPS) is 14.4. The molecule has 0 saturated heterocycles. The van der Waals surface area contributed by atoms with Gasteiger partial charge in [0.1, 0.15) is 5.75 Å². The molecule has 1 aliphatic carbocycles. The van der Waals surface area contributed by atoms with Crippen LogP contribution in [0.2, 0.25) is 0 Å². The van der Waals surface area contributed by atoms with E-state index in [9.17, 15) is 0 Å². The van der Waals surface area contributed by atoms with Crippen molar-refractivity contribution >= 4 is 29.9 Å². The zero-order chi connectivity index (χ0) is 16.3. The second-order valence-corrected chi connectivity index (χ2v) is 5.85. The minimum Gasteiger partial charge on any atom is -0.496 e. The van der Waals surface area contributed by atoms with E-state index < -0.39 is 0 Å². The molecule has 1 aromatic carbocycles. The lowest BCUT2D eigenvalue weighted by molar-refractivity contribution is 0.409. The number of hydrogen-bond acceptors (Lipinski definition) is 2. The standard InChI is InChI=1S/C19H29N3O.HI/c1-20-19(21-14-12-16-8-4-3-5-9-16)22-15-13-17-10-6-7-11-18(17)23-2;/h6-8,10-11H,3-5,9,12-15H2,1-2H3,(H2,20,21,22);1H. The first-order chi connectivity index (χ1) is 11.3. The quantitative estimate of drug-likeness (QED) is 0.291. The van der Waals surface area contributed by atoms with E-state index in [2.05, 4.69) is 27.8 Å². The fraction of sp³-hybridized carbons (Fsp3) is 0.526. The summed E-state index contributed by atoms with van der Waals surface area (Å²) in [6.45, 7) is 1.78. The Morgan fingerprint density at radius 1 is 1.12 bits per heavy atom. The number of allylic oxidation sites excluding steroid dienone is 1. The second kappa shape index (κ2) is 12.2. The summed E-state index contributed by atoms with van der Waals surface area (Å²) in [5, 5.41) is 6.77. The Kier molecular flexibility index (Phi) is 10.5. The molecule has 0 unspecified atom stereocenters. The molecule has 0 atom stereocenters. The van der Waals surface area contributed by atoms with Gasteiger partial charge in [-0.2, -0.15) is 0 Å². The lowest BCUT2D eigenvalue weighted by Crippen LogP contribution is -2.38. The number of nitrogens with one attached hydrogen (secondary N) is 2. The molecule has 2 rings (SSSR count). The maximum atomic E-state index is 5.38. The molecule has 0 radical (unpaired) electrons. The summed E-state index contributed by atoms with van der Waals surface area (Å²) in [7, 11) is 3.53. The van der Waals surface area contributed by atoms with Gasteiger partial charge in [-0.1, -0.05) is 29.8 Å². The van der Waals surface area contributed by atoms with E-state index in [1.54, 1.807) is 12.7 Å². The summed E-state index contributed by atoms with van der Waals surface area (Å²) < 4.78 is 5.38. The van der Waals surface area contributed by atoms with Crippen molar-refractivity contribution in [3.05, 3.63) is 41.5 Å². The van der Waals surface area contributed by atoms with Crippen LogP contribution in [0.4, 0.5) is 0 Å². The molecule has 0 amide bonds. The van der Waals surface area contributed by atoms with Crippen LogP contribution in [0.5, 0.6) is 5.75 Å². The Balaban J connectivity index is 0.00000288. The fourth-order valence-corrected chi connectivity index (χ4v) is 2.92. The average Bonchev–Trinajstić information content (AvgIpc) is 2.61. The molecule has 5 heteroatoms. The van der Waals surface area contributed by atoms with Crippen molar-refractivity contribution in [1.82, 2.24) is 10.6 Å². The van der Waals surface area contributed by atoms with Crippen molar-refractivity contribution in [3.63, 3.8) is 0 Å². The van der Waals surface area contributed by atoms with Gasteiger partial charge in [-0.3, -0.25) is 4.99 Å². The van der Waals surface area contributed by atoms with Crippen LogP contribution in [0.1, 0.15) is 37.7 Å². The third-order valence-corrected chi connectivity index (χ3v) is 4.23. The smallest absolute Gasteiger partial charge is 0.190 e. The van der Waals surface area contributed by atoms with E-state index in [1.807, 2.05) is 25.2 Å². The first-order valence-electron chi connectivity index (χ1n) is 8.58. The van der Waals surface area contributed by atoms with Gasteiger partial charge in [0, 0.05) is 20.1 Å². The van der Waals surface area contributed by atoms with Gasteiger partial charge in [-0.15, -0.1) is 24.0 Å². The first-order valence-corrected chi connectivity index (χ1v) is 8.58. The van der Waals surface area contributed by atoms with Crippen LogP contribution in [-0.2, 0) is 6.42 Å². The predicted molar refractivity (Wildman–Crippen MR) is 113 cm³/mol. The second-order valence-electron chi connectivity index (χ2n) is 5.85. The SMILES string of the molecule is CN=C(NCCC1=CCCCC1)NCCc1ccccc1OC.I. The largest absolute Gasteiger partial charge is 0.496 e. The first kappa shape index (κ1) is 20.8. The van der Waals surface area contributed by atoms with Crippen LogP contribution >= 0.6 is 24.0 Å². The number of hydrogen-bond donors (Lipinski definition) is 2. The summed E-state index contributed by atoms with van der Waals surface area (Å²) in [5.41, 5.74) is 2.80. The Morgan fingerprint density at radius 2 is 1.88 bits per heavy atom. The van der Waals surface area contributed by atoms with Gasteiger partial charge in [0.2, 0.25) is 0 Å². The summed E-state index contributed by atoms with van der Waals surface area (Å²) in [6.07, 6.45) is 9.65. The van der Waals surface area contributed by atoms with Gasteiger partial charge in [0.05, 0.1) is 7.11 Å². The summed E-state index contributed by atoms with van der Waals surface area (Å²) in [5.74, 6) is 1.82. The Labute approximate surface area is 163 Å². The van der Waals surface area contributed by atoms with E-state index in [-0.39, 0.29) is 24.0 Å². The number of halogens is 1. The highest BCUT2D eigenvalue weighted by Crippen LogP contribution is 2.19. The Morgan fingerprint density at radius 3 is 2.54 bits per heavy atom. The highest BCUT2D eigenvalue weighted by atomic mass is 127. The van der Waals surface area contributed by atoms with Crippen molar-refractivity contribution in [2.45, 2.75) is 38.5 Å². The number of guanidine groups is 1. The van der Waals surface area contributed by atoms with Gasteiger partial charge < -0.3 is 15.4 Å². The van der Waals surface area contributed by atoms with Crippen molar-refractivity contribution < 1.29 is 4.74 Å². The van der Waals surface area contributed by atoms with Crippen molar-refractivity contribution in [1.29, 1.82) is 0 Å². The molecule has 0 spiro atoms. The van der Waals surface area contributed by atoms with Gasteiger partial charge in [0.15, 0.2) is 5.96 Å². The highest BCUT2D eigenvalue weighted by Gasteiger charge is 2.05. The molecule has 134 valence electrons. The van der Waals surface area contributed by atoms with Crippen LogP contribution in [0.3, 0.4) is 0 Å².